The maximum Gasteiger partial charge on any atom is 0.163 e. The van der Waals surface area contributed by atoms with Crippen LogP contribution < -0.4 is 19.5 Å². The fraction of sp³-hybridized carbons (Fsp3) is 0.333. The third-order valence-corrected chi connectivity index (χ3v) is 3.65. The van der Waals surface area contributed by atoms with Crippen LogP contribution >= 0.6 is 11.6 Å². The molecule has 0 spiro atoms. The fourth-order valence-corrected chi connectivity index (χ4v) is 2.60. The monoisotopic (exact) mass is 333 g/mol. The Bertz CT molecular complexity index is 688. The Morgan fingerprint density at radius 1 is 1.09 bits per heavy atom. The molecule has 0 aromatic heterocycles. The van der Waals surface area contributed by atoms with E-state index in [9.17, 15) is 0 Å². The van der Waals surface area contributed by atoms with E-state index in [-0.39, 0.29) is 6.10 Å². The first-order valence-corrected chi connectivity index (χ1v) is 8.08. The molecular weight excluding hydrogens is 314 g/mol. The molecule has 2 aromatic carbocycles. The van der Waals surface area contributed by atoms with Crippen LogP contribution in [0.3, 0.4) is 0 Å². The molecule has 5 heteroatoms. The summed E-state index contributed by atoms with van der Waals surface area (Å²) in [5.41, 5.74) is 1.98. The van der Waals surface area contributed by atoms with Gasteiger partial charge in [-0.1, -0.05) is 11.6 Å². The van der Waals surface area contributed by atoms with Gasteiger partial charge >= 0.3 is 0 Å². The predicted molar refractivity (Wildman–Crippen MR) is 92.0 cm³/mol. The molecule has 0 unspecified atom stereocenters. The minimum atomic E-state index is 0.115. The summed E-state index contributed by atoms with van der Waals surface area (Å²) in [7, 11) is 0. The zero-order valence-electron chi connectivity index (χ0n) is 13.3. The van der Waals surface area contributed by atoms with Crippen LogP contribution in [0.25, 0.3) is 0 Å². The molecule has 0 fully saturated rings. The number of rotatable bonds is 5. The van der Waals surface area contributed by atoms with Gasteiger partial charge in [-0.15, -0.1) is 0 Å². The standard InChI is InChI=1S/C18H20ClNO3/c1-12(2)23-16-5-3-14(19)9-13(16)11-20-15-4-6-17-18(10-15)22-8-7-21-17/h3-6,9-10,12,20H,7-8,11H2,1-2H3. The minimum absolute atomic E-state index is 0.115. The van der Waals surface area contributed by atoms with E-state index in [0.29, 0.717) is 24.8 Å². The van der Waals surface area contributed by atoms with E-state index < -0.39 is 0 Å². The molecule has 0 amide bonds. The Morgan fingerprint density at radius 3 is 2.65 bits per heavy atom. The molecule has 0 radical (unpaired) electrons. The SMILES string of the molecule is CC(C)Oc1ccc(Cl)cc1CNc1ccc2c(c1)OCCO2. The molecule has 2 aromatic rings. The highest BCUT2D eigenvalue weighted by atomic mass is 35.5. The van der Waals surface area contributed by atoms with Crippen molar-refractivity contribution in [2.24, 2.45) is 0 Å². The van der Waals surface area contributed by atoms with Crippen molar-refractivity contribution in [3.05, 3.63) is 47.0 Å². The number of ether oxygens (including phenoxy) is 3. The summed E-state index contributed by atoms with van der Waals surface area (Å²) in [6, 6.07) is 11.5. The molecule has 1 N–H and O–H groups in total. The van der Waals surface area contributed by atoms with Gasteiger partial charge in [-0.05, 0) is 44.2 Å². The maximum absolute atomic E-state index is 6.11. The number of hydrogen-bond donors (Lipinski definition) is 1. The third kappa shape index (κ3) is 4.02. The summed E-state index contributed by atoms with van der Waals surface area (Å²) in [5, 5.41) is 4.07. The maximum atomic E-state index is 6.11. The van der Waals surface area contributed by atoms with Gasteiger partial charge in [0.1, 0.15) is 19.0 Å². The topological polar surface area (TPSA) is 39.7 Å². The van der Waals surface area contributed by atoms with Crippen LogP contribution in [-0.4, -0.2) is 19.3 Å². The van der Waals surface area contributed by atoms with Crippen molar-refractivity contribution in [1.82, 2.24) is 0 Å². The van der Waals surface area contributed by atoms with Gasteiger partial charge in [-0.25, -0.2) is 0 Å². The Labute approximate surface area is 141 Å². The van der Waals surface area contributed by atoms with E-state index in [0.717, 1.165) is 28.5 Å². The van der Waals surface area contributed by atoms with Crippen LogP contribution in [0, 0.1) is 0 Å². The molecule has 1 heterocycles. The largest absolute Gasteiger partial charge is 0.491 e. The Morgan fingerprint density at radius 2 is 1.87 bits per heavy atom. The molecule has 122 valence electrons. The number of anilines is 1. The minimum Gasteiger partial charge on any atom is -0.491 e. The first-order chi connectivity index (χ1) is 11.1. The molecule has 0 saturated heterocycles. The van der Waals surface area contributed by atoms with E-state index >= 15 is 0 Å². The normalized spacial score (nSPS) is 13.0. The highest BCUT2D eigenvalue weighted by Crippen LogP contribution is 2.33. The molecule has 0 bridgehead atoms. The zero-order chi connectivity index (χ0) is 16.2. The van der Waals surface area contributed by atoms with Gasteiger partial charge in [0.2, 0.25) is 0 Å². The Balaban J connectivity index is 1.74. The van der Waals surface area contributed by atoms with E-state index in [1.807, 2.05) is 50.2 Å². The first kappa shape index (κ1) is 15.8. The molecule has 0 aliphatic carbocycles. The van der Waals surface area contributed by atoms with Crippen LogP contribution in [0.5, 0.6) is 17.2 Å². The summed E-state index contributed by atoms with van der Waals surface area (Å²) < 4.78 is 17.0. The molecule has 3 rings (SSSR count). The van der Waals surface area contributed by atoms with Crippen molar-refractivity contribution >= 4 is 17.3 Å². The lowest BCUT2D eigenvalue weighted by atomic mass is 10.2. The molecule has 4 nitrogen and oxygen atoms in total. The molecule has 23 heavy (non-hydrogen) atoms. The fourth-order valence-electron chi connectivity index (χ4n) is 2.41. The Hall–Kier alpha value is -2.07. The van der Waals surface area contributed by atoms with Crippen molar-refractivity contribution < 1.29 is 14.2 Å². The van der Waals surface area contributed by atoms with E-state index in [1.165, 1.54) is 0 Å². The first-order valence-electron chi connectivity index (χ1n) is 7.70. The van der Waals surface area contributed by atoms with Crippen molar-refractivity contribution in [2.75, 3.05) is 18.5 Å². The highest BCUT2D eigenvalue weighted by Gasteiger charge is 2.12. The molecular formula is C18H20ClNO3. The van der Waals surface area contributed by atoms with Crippen molar-refractivity contribution in [1.29, 1.82) is 0 Å². The van der Waals surface area contributed by atoms with Crippen LogP contribution in [0.4, 0.5) is 5.69 Å². The Kier molecular flexibility index (Phi) is 4.82. The van der Waals surface area contributed by atoms with Crippen molar-refractivity contribution in [2.45, 2.75) is 26.5 Å². The number of halogens is 1. The summed E-state index contributed by atoms with van der Waals surface area (Å²) >= 11 is 6.11. The van der Waals surface area contributed by atoms with Crippen LogP contribution in [0.15, 0.2) is 36.4 Å². The van der Waals surface area contributed by atoms with Gasteiger partial charge in [0.05, 0.1) is 6.10 Å². The molecule has 0 saturated carbocycles. The van der Waals surface area contributed by atoms with Gasteiger partial charge in [0, 0.05) is 28.9 Å². The lowest BCUT2D eigenvalue weighted by Gasteiger charge is -2.19. The average molecular weight is 334 g/mol. The zero-order valence-corrected chi connectivity index (χ0v) is 14.0. The average Bonchev–Trinajstić information content (AvgIpc) is 2.54. The van der Waals surface area contributed by atoms with Crippen LogP contribution in [0.2, 0.25) is 5.02 Å². The van der Waals surface area contributed by atoms with E-state index in [2.05, 4.69) is 5.32 Å². The summed E-state index contributed by atoms with van der Waals surface area (Å²) in [4.78, 5) is 0. The molecule has 1 aliphatic heterocycles. The summed E-state index contributed by atoms with van der Waals surface area (Å²) in [6.07, 6.45) is 0.115. The summed E-state index contributed by atoms with van der Waals surface area (Å²) in [5.74, 6) is 2.40. The second-order valence-electron chi connectivity index (χ2n) is 5.63. The predicted octanol–water partition coefficient (Wildman–Crippen LogP) is 4.51. The van der Waals surface area contributed by atoms with Crippen molar-refractivity contribution in [3.63, 3.8) is 0 Å². The summed E-state index contributed by atoms with van der Waals surface area (Å²) in [6.45, 7) is 5.80. The lowest BCUT2D eigenvalue weighted by molar-refractivity contribution is 0.171. The molecule has 1 aliphatic rings. The second kappa shape index (κ2) is 7.01. The van der Waals surface area contributed by atoms with Gasteiger partial charge in [0.15, 0.2) is 11.5 Å². The smallest absolute Gasteiger partial charge is 0.163 e. The van der Waals surface area contributed by atoms with Gasteiger partial charge < -0.3 is 19.5 Å². The van der Waals surface area contributed by atoms with Gasteiger partial charge in [-0.3, -0.25) is 0 Å². The van der Waals surface area contributed by atoms with Crippen molar-refractivity contribution in [3.8, 4) is 17.2 Å². The number of nitrogens with one attached hydrogen (secondary N) is 1. The number of hydrogen-bond acceptors (Lipinski definition) is 4. The second-order valence-corrected chi connectivity index (χ2v) is 6.07. The van der Waals surface area contributed by atoms with Crippen LogP contribution in [-0.2, 0) is 6.54 Å². The van der Waals surface area contributed by atoms with Crippen LogP contribution in [0.1, 0.15) is 19.4 Å². The van der Waals surface area contributed by atoms with E-state index in [1.54, 1.807) is 0 Å². The molecule has 0 atom stereocenters. The highest BCUT2D eigenvalue weighted by molar-refractivity contribution is 6.30. The van der Waals surface area contributed by atoms with Gasteiger partial charge in [-0.2, -0.15) is 0 Å². The number of benzene rings is 2. The third-order valence-electron chi connectivity index (χ3n) is 3.41. The number of fused-ring (bicyclic) bond motifs is 1. The van der Waals surface area contributed by atoms with Gasteiger partial charge in [0.25, 0.3) is 0 Å². The van der Waals surface area contributed by atoms with E-state index in [4.69, 9.17) is 25.8 Å². The lowest BCUT2D eigenvalue weighted by Crippen LogP contribution is -2.15. The quantitative estimate of drug-likeness (QED) is 0.873.